The van der Waals surface area contributed by atoms with Crippen LogP contribution in [0.15, 0.2) is 0 Å². The number of rotatable bonds is 10. The van der Waals surface area contributed by atoms with Crippen molar-refractivity contribution in [3.8, 4) is 0 Å². The number of aliphatic carboxylic acids is 1. The molecule has 0 spiro atoms. The first kappa shape index (κ1) is 20.3. The molecule has 0 heterocycles. The minimum atomic E-state index is -1.55. The van der Waals surface area contributed by atoms with Crippen molar-refractivity contribution < 1.29 is 29.1 Å². The van der Waals surface area contributed by atoms with E-state index in [-0.39, 0.29) is 12.8 Å². The van der Waals surface area contributed by atoms with E-state index in [9.17, 15) is 24.0 Å². The van der Waals surface area contributed by atoms with E-state index in [0.29, 0.717) is 0 Å². The lowest BCUT2D eigenvalue weighted by atomic mass is 10.1. The number of hydrogen-bond donors (Lipinski definition) is 6. The molecular weight excluding hydrogens is 310 g/mol. The second kappa shape index (κ2) is 9.35. The quantitative estimate of drug-likeness (QED) is 0.238. The van der Waals surface area contributed by atoms with Gasteiger partial charge in [0.2, 0.25) is 23.6 Å². The van der Waals surface area contributed by atoms with Gasteiger partial charge in [-0.05, 0) is 13.3 Å². The number of carboxylic acid groups (broad SMARTS) is 1. The Morgan fingerprint density at radius 1 is 0.957 bits per heavy atom. The van der Waals surface area contributed by atoms with E-state index >= 15 is 0 Å². The van der Waals surface area contributed by atoms with Gasteiger partial charge in [0, 0.05) is 6.42 Å². The number of carbonyl (C=O) groups is 5. The maximum atomic E-state index is 12.1. The van der Waals surface area contributed by atoms with Crippen LogP contribution in [0, 0.1) is 0 Å². The number of nitrogens with two attached hydrogens (primary N) is 3. The zero-order chi connectivity index (χ0) is 18.2. The minimum absolute atomic E-state index is 0.150. The highest BCUT2D eigenvalue weighted by Gasteiger charge is 2.28. The van der Waals surface area contributed by atoms with Crippen LogP contribution in [0.5, 0.6) is 0 Å². The SMILES string of the molecule is C[C@H](N)C(=O)N[C@@H](CCC(N)=O)C(=O)N[C@@H](CC(N)=O)C(=O)O. The smallest absolute Gasteiger partial charge is 0.326 e. The molecule has 23 heavy (non-hydrogen) atoms. The average molecular weight is 331 g/mol. The standard InChI is InChI=1S/C12H21N5O6/c1-5(13)10(20)16-6(2-3-8(14)18)11(21)17-7(12(22)23)4-9(15)19/h5-7H,2-4,13H2,1H3,(H2,14,18)(H2,15,19)(H,16,20)(H,17,21)(H,22,23)/t5-,6-,7-/m0/s1. The molecule has 0 aromatic carbocycles. The summed E-state index contributed by atoms with van der Waals surface area (Å²) in [5, 5.41) is 13.3. The number of primary amides is 2. The molecule has 0 fully saturated rings. The molecule has 4 amide bonds. The normalized spacial score (nSPS) is 14.2. The molecule has 0 aliphatic rings. The van der Waals surface area contributed by atoms with Crippen molar-refractivity contribution in [2.24, 2.45) is 17.2 Å². The fourth-order valence-corrected chi connectivity index (χ4v) is 1.53. The van der Waals surface area contributed by atoms with Crippen molar-refractivity contribution in [1.29, 1.82) is 0 Å². The van der Waals surface area contributed by atoms with Gasteiger partial charge in [-0.1, -0.05) is 0 Å². The predicted molar refractivity (Wildman–Crippen MR) is 77.4 cm³/mol. The maximum Gasteiger partial charge on any atom is 0.326 e. The zero-order valence-corrected chi connectivity index (χ0v) is 12.6. The molecule has 0 aliphatic carbocycles. The first-order valence-electron chi connectivity index (χ1n) is 6.70. The highest BCUT2D eigenvalue weighted by atomic mass is 16.4. The van der Waals surface area contributed by atoms with E-state index in [0.717, 1.165) is 0 Å². The first-order chi connectivity index (χ1) is 10.5. The molecular formula is C12H21N5O6. The van der Waals surface area contributed by atoms with E-state index in [2.05, 4.69) is 10.6 Å². The third-order valence-electron chi connectivity index (χ3n) is 2.75. The van der Waals surface area contributed by atoms with Gasteiger partial charge in [-0.15, -0.1) is 0 Å². The van der Waals surface area contributed by atoms with Gasteiger partial charge in [0.05, 0.1) is 12.5 Å². The summed E-state index contributed by atoms with van der Waals surface area (Å²) in [6.07, 6.45) is -0.988. The number of carboxylic acids is 1. The van der Waals surface area contributed by atoms with Crippen molar-refractivity contribution in [2.45, 2.75) is 44.3 Å². The highest BCUT2D eigenvalue weighted by molar-refractivity contribution is 5.93. The minimum Gasteiger partial charge on any atom is -0.480 e. The van der Waals surface area contributed by atoms with Crippen LogP contribution >= 0.6 is 0 Å². The van der Waals surface area contributed by atoms with Gasteiger partial charge in [0.1, 0.15) is 12.1 Å². The summed E-state index contributed by atoms with van der Waals surface area (Å²) in [6, 6.07) is -3.70. The number of amides is 4. The second-order valence-electron chi connectivity index (χ2n) is 4.92. The Hall–Kier alpha value is -2.69. The van der Waals surface area contributed by atoms with E-state index in [1.54, 1.807) is 0 Å². The van der Waals surface area contributed by atoms with Crippen LogP contribution in [0.25, 0.3) is 0 Å². The van der Waals surface area contributed by atoms with Gasteiger partial charge < -0.3 is 32.9 Å². The lowest BCUT2D eigenvalue weighted by molar-refractivity contribution is -0.143. The van der Waals surface area contributed by atoms with E-state index in [4.69, 9.17) is 22.3 Å². The third kappa shape index (κ3) is 8.36. The lowest BCUT2D eigenvalue weighted by Crippen LogP contribution is -2.54. The largest absolute Gasteiger partial charge is 0.480 e. The fraction of sp³-hybridized carbons (Fsp3) is 0.583. The van der Waals surface area contributed by atoms with Crippen LogP contribution in [0.1, 0.15) is 26.2 Å². The first-order valence-corrected chi connectivity index (χ1v) is 6.70. The second-order valence-corrected chi connectivity index (χ2v) is 4.92. The molecule has 0 aliphatic heterocycles. The molecule has 0 aromatic rings. The molecule has 0 aromatic heterocycles. The van der Waals surface area contributed by atoms with Gasteiger partial charge in [-0.3, -0.25) is 19.2 Å². The Kier molecular flexibility index (Phi) is 8.26. The van der Waals surface area contributed by atoms with Crippen molar-refractivity contribution in [2.75, 3.05) is 0 Å². The lowest BCUT2D eigenvalue weighted by Gasteiger charge is -2.21. The van der Waals surface area contributed by atoms with Crippen LogP contribution in [0.2, 0.25) is 0 Å². The molecule has 9 N–H and O–H groups in total. The Morgan fingerprint density at radius 2 is 1.48 bits per heavy atom. The number of carbonyl (C=O) groups excluding carboxylic acids is 4. The molecule has 0 bridgehead atoms. The Labute approximate surface area is 131 Å². The average Bonchev–Trinajstić information content (AvgIpc) is 2.41. The fourth-order valence-electron chi connectivity index (χ4n) is 1.53. The van der Waals surface area contributed by atoms with Crippen molar-refractivity contribution >= 4 is 29.6 Å². The van der Waals surface area contributed by atoms with E-state index in [1.807, 2.05) is 0 Å². The van der Waals surface area contributed by atoms with Gasteiger partial charge in [0.25, 0.3) is 0 Å². The molecule has 0 saturated carbocycles. The summed E-state index contributed by atoms with van der Waals surface area (Å²) in [7, 11) is 0. The molecule has 0 unspecified atom stereocenters. The number of hydrogen-bond acceptors (Lipinski definition) is 6. The van der Waals surface area contributed by atoms with Crippen molar-refractivity contribution in [1.82, 2.24) is 10.6 Å². The monoisotopic (exact) mass is 331 g/mol. The molecule has 130 valence electrons. The van der Waals surface area contributed by atoms with Crippen LogP contribution in [-0.4, -0.2) is 52.8 Å². The van der Waals surface area contributed by atoms with E-state index in [1.165, 1.54) is 6.92 Å². The Morgan fingerprint density at radius 3 is 1.87 bits per heavy atom. The van der Waals surface area contributed by atoms with Crippen molar-refractivity contribution in [3.63, 3.8) is 0 Å². The van der Waals surface area contributed by atoms with Gasteiger partial charge in [-0.25, -0.2) is 4.79 Å². The Balaban J connectivity index is 5.00. The topological polar surface area (TPSA) is 208 Å². The number of nitrogens with one attached hydrogen (secondary N) is 2. The predicted octanol–water partition coefficient (Wildman–Crippen LogP) is -3.47. The summed E-state index contributed by atoms with van der Waals surface area (Å²) >= 11 is 0. The van der Waals surface area contributed by atoms with Gasteiger partial charge in [-0.2, -0.15) is 0 Å². The maximum absolute atomic E-state index is 12.1. The summed E-state index contributed by atoms with van der Waals surface area (Å²) in [5.74, 6) is -4.66. The van der Waals surface area contributed by atoms with Crippen LogP contribution in [0.3, 0.4) is 0 Å². The van der Waals surface area contributed by atoms with Crippen LogP contribution < -0.4 is 27.8 Å². The van der Waals surface area contributed by atoms with Gasteiger partial charge in [0.15, 0.2) is 0 Å². The highest BCUT2D eigenvalue weighted by Crippen LogP contribution is 2.01. The molecule has 0 saturated heterocycles. The molecule has 0 radical (unpaired) electrons. The molecule has 3 atom stereocenters. The van der Waals surface area contributed by atoms with E-state index < -0.39 is 54.1 Å². The summed E-state index contributed by atoms with van der Waals surface area (Å²) in [6.45, 7) is 1.38. The van der Waals surface area contributed by atoms with Gasteiger partial charge >= 0.3 is 5.97 Å². The summed E-state index contributed by atoms with van der Waals surface area (Å²) in [4.78, 5) is 56.3. The van der Waals surface area contributed by atoms with Crippen LogP contribution in [0.4, 0.5) is 0 Å². The van der Waals surface area contributed by atoms with Crippen LogP contribution in [-0.2, 0) is 24.0 Å². The third-order valence-corrected chi connectivity index (χ3v) is 2.75. The molecule has 0 rings (SSSR count). The summed E-state index contributed by atoms with van der Waals surface area (Å²) in [5.41, 5.74) is 15.2. The summed E-state index contributed by atoms with van der Waals surface area (Å²) < 4.78 is 0. The molecule has 11 nitrogen and oxygen atoms in total. The zero-order valence-electron chi connectivity index (χ0n) is 12.6. The Bertz CT molecular complexity index is 492. The molecule has 11 heteroatoms. The van der Waals surface area contributed by atoms with Crippen molar-refractivity contribution in [3.05, 3.63) is 0 Å².